The van der Waals surface area contributed by atoms with Crippen LogP contribution in [0.25, 0.3) is 0 Å². The SMILES string of the molecule is CCC(C)C12CCCC3(C)CCCC(C)(CC1)N32. The topological polar surface area (TPSA) is 3.24 Å². The lowest BCUT2D eigenvalue weighted by Gasteiger charge is -2.63. The third-order valence-electron chi connectivity index (χ3n) is 6.91. The van der Waals surface area contributed by atoms with Crippen LogP contribution in [0.3, 0.4) is 0 Å². The van der Waals surface area contributed by atoms with Crippen molar-refractivity contribution in [2.24, 2.45) is 5.92 Å². The highest BCUT2D eigenvalue weighted by Gasteiger charge is 2.62. The van der Waals surface area contributed by atoms with Gasteiger partial charge in [-0.2, -0.15) is 0 Å². The zero-order valence-electron chi connectivity index (χ0n) is 12.9. The first kappa shape index (κ1) is 13.0. The first-order valence-electron chi connectivity index (χ1n) is 8.27. The predicted octanol–water partition coefficient (Wildman–Crippen LogP) is 4.75. The molecule has 3 saturated heterocycles. The normalized spacial score (nSPS) is 50.0. The van der Waals surface area contributed by atoms with Crippen LogP contribution in [0.4, 0.5) is 0 Å². The fourth-order valence-electron chi connectivity index (χ4n) is 5.98. The fourth-order valence-corrected chi connectivity index (χ4v) is 5.98. The summed E-state index contributed by atoms with van der Waals surface area (Å²) in [7, 11) is 0. The molecule has 0 saturated carbocycles. The van der Waals surface area contributed by atoms with Crippen molar-refractivity contribution < 1.29 is 0 Å². The van der Waals surface area contributed by atoms with Gasteiger partial charge in [0.05, 0.1) is 0 Å². The van der Waals surface area contributed by atoms with Crippen LogP contribution in [0.5, 0.6) is 0 Å². The van der Waals surface area contributed by atoms with Gasteiger partial charge >= 0.3 is 0 Å². The zero-order valence-corrected chi connectivity index (χ0v) is 12.9. The Kier molecular flexibility index (Phi) is 2.86. The fraction of sp³-hybridized carbons (Fsp3) is 1.00. The number of hydrogen-bond donors (Lipinski definition) is 0. The van der Waals surface area contributed by atoms with E-state index in [2.05, 4.69) is 32.6 Å². The molecule has 3 aliphatic heterocycles. The minimum Gasteiger partial charge on any atom is -0.287 e. The Labute approximate surface area is 113 Å². The second-order valence-electron chi connectivity index (χ2n) is 7.95. The highest BCUT2D eigenvalue weighted by atomic mass is 15.4. The predicted molar refractivity (Wildman–Crippen MR) is 77.8 cm³/mol. The van der Waals surface area contributed by atoms with E-state index in [1.807, 2.05) is 0 Å². The van der Waals surface area contributed by atoms with E-state index in [0.717, 1.165) is 5.92 Å². The largest absolute Gasteiger partial charge is 0.287 e. The third-order valence-corrected chi connectivity index (χ3v) is 6.91. The van der Waals surface area contributed by atoms with E-state index < -0.39 is 0 Å². The van der Waals surface area contributed by atoms with Crippen molar-refractivity contribution in [1.29, 1.82) is 0 Å². The molecule has 104 valence electrons. The van der Waals surface area contributed by atoms with Gasteiger partial charge in [-0.1, -0.05) is 20.3 Å². The van der Waals surface area contributed by atoms with Gasteiger partial charge in [-0.3, -0.25) is 4.90 Å². The van der Waals surface area contributed by atoms with Crippen LogP contribution in [0, 0.1) is 5.92 Å². The quantitative estimate of drug-likeness (QED) is 0.682. The van der Waals surface area contributed by atoms with Crippen LogP contribution in [0.1, 0.15) is 85.5 Å². The Morgan fingerprint density at radius 3 is 2.06 bits per heavy atom. The number of nitrogens with zero attached hydrogens (tertiary/aromatic N) is 1. The van der Waals surface area contributed by atoms with Crippen LogP contribution in [0.2, 0.25) is 0 Å². The Balaban J connectivity index is 2.05. The molecule has 0 aliphatic carbocycles. The van der Waals surface area contributed by atoms with Crippen molar-refractivity contribution >= 4 is 0 Å². The second kappa shape index (κ2) is 3.98. The van der Waals surface area contributed by atoms with Gasteiger partial charge in [0.2, 0.25) is 0 Å². The molecular weight excluding hydrogens is 218 g/mol. The van der Waals surface area contributed by atoms with Crippen molar-refractivity contribution in [2.75, 3.05) is 0 Å². The standard InChI is InChI=1S/C17H31N/c1-5-14(2)17-11-7-10-15(3)8-6-9-16(4,12-13-17)18(15)17/h14H,5-13H2,1-4H3. The Bertz CT molecular complexity index is 335. The number of piperidine rings is 2. The van der Waals surface area contributed by atoms with Crippen LogP contribution in [-0.4, -0.2) is 21.5 Å². The molecule has 0 spiro atoms. The van der Waals surface area contributed by atoms with Crippen LogP contribution >= 0.6 is 0 Å². The van der Waals surface area contributed by atoms with Gasteiger partial charge < -0.3 is 0 Å². The molecule has 4 atom stereocenters. The minimum atomic E-state index is 0.519. The summed E-state index contributed by atoms with van der Waals surface area (Å²) >= 11 is 0. The van der Waals surface area contributed by atoms with E-state index >= 15 is 0 Å². The zero-order chi connectivity index (χ0) is 13.0. The maximum absolute atomic E-state index is 3.06. The molecule has 4 unspecified atom stereocenters. The first-order valence-corrected chi connectivity index (χ1v) is 8.27. The summed E-state index contributed by atoms with van der Waals surface area (Å²) in [4.78, 5) is 3.06. The average molecular weight is 249 g/mol. The Morgan fingerprint density at radius 2 is 1.44 bits per heavy atom. The van der Waals surface area contributed by atoms with E-state index in [0.29, 0.717) is 16.6 Å². The summed E-state index contributed by atoms with van der Waals surface area (Å²) in [6.45, 7) is 10.1. The highest BCUT2D eigenvalue weighted by molar-refractivity contribution is 5.18. The summed E-state index contributed by atoms with van der Waals surface area (Å²) in [6.07, 6.45) is 13.0. The van der Waals surface area contributed by atoms with Gasteiger partial charge in [0.15, 0.2) is 0 Å². The average Bonchev–Trinajstić information content (AvgIpc) is 2.65. The molecule has 3 heterocycles. The van der Waals surface area contributed by atoms with Crippen molar-refractivity contribution in [2.45, 2.75) is 102 Å². The molecule has 18 heavy (non-hydrogen) atoms. The van der Waals surface area contributed by atoms with E-state index in [1.165, 1.54) is 57.8 Å². The highest BCUT2D eigenvalue weighted by Crippen LogP contribution is 2.60. The maximum Gasteiger partial charge on any atom is 0.0246 e. The van der Waals surface area contributed by atoms with Gasteiger partial charge in [-0.25, -0.2) is 0 Å². The first-order chi connectivity index (χ1) is 8.47. The molecule has 0 aromatic carbocycles. The molecule has 0 radical (unpaired) electrons. The van der Waals surface area contributed by atoms with Crippen molar-refractivity contribution in [3.8, 4) is 0 Å². The molecule has 0 N–H and O–H groups in total. The lowest BCUT2D eigenvalue weighted by molar-refractivity contribution is -0.132. The van der Waals surface area contributed by atoms with Gasteiger partial charge in [0.25, 0.3) is 0 Å². The number of rotatable bonds is 2. The monoisotopic (exact) mass is 249 g/mol. The molecule has 1 heteroatoms. The van der Waals surface area contributed by atoms with Crippen LogP contribution in [-0.2, 0) is 0 Å². The molecule has 0 amide bonds. The smallest absolute Gasteiger partial charge is 0.0246 e. The maximum atomic E-state index is 3.06. The molecule has 3 fully saturated rings. The van der Waals surface area contributed by atoms with Crippen molar-refractivity contribution in [1.82, 2.24) is 4.90 Å². The minimum absolute atomic E-state index is 0.519. The Morgan fingerprint density at radius 1 is 0.889 bits per heavy atom. The molecular formula is C17H31N. The molecule has 0 aromatic rings. The van der Waals surface area contributed by atoms with Crippen molar-refractivity contribution in [3.05, 3.63) is 0 Å². The summed E-state index contributed by atoms with van der Waals surface area (Å²) in [5.74, 6) is 0.872. The summed E-state index contributed by atoms with van der Waals surface area (Å²) in [5, 5.41) is 0. The van der Waals surface area contributed by atoms with Gasteiger partial charge in [0.1, 0.15) is 0 Å². The van der Waals surface area contributed by atoms with E-state index in [-0.39, 0.29) is 0 Å². The van der Waals surface area contributed by atoms with Crippen LogP contribution < -0.4 is 0 Å². The van der Waals surface area contributed by atoms with E-state index in [4.69, 9.17) is 0 Å². The second-order valence-corrected chi connectivity index (χ2v) is 7.95. The summed E-state index contributed by atoms with van der Waals surface area (Å²) in [6, 6.07) is 0. The molecule has 0 aromatic heterocycles. The molecule has 0 bridgehead atoms. The number of hydrogen-bond acceptors (Lipinski definition) is 1. The Hall–Kier alpha value is -0.0400. The van der Waals surface area contributed by atoms with E-state index in [1.54, 1.807) is 0 Å². The van der Waals surface area contributed by atoms with Crippen LogP contribution in [0.15, 0.2) is 0 Å². The van der Waals surface area contributed by atoms with Crippen molar-refractivity contribution in [3.63, 3.8) is 0 Å². The summed E-state index contributed by atoms with van der Waals surface area (Å²) in [5.41, 5.74) is 1.60. The lowest BCUT2D eigenvalue weighted by Crippen LogP contribution is -2.69. The lowest BCUT2D eigenvalue weighted by atomic mass is 9.67. The van der Waals surface area contributed by atoms with Gasteiger partial charge in [-0.05, 0) is 71.1 Å². The summed E-state index contributed by atoms with van der Waals surface area (Å²) < 4.78 is 0. The molecule has 1 nitrogen and oxygen atoms in total. The van der Waals surface area contributed by atoms with E-state index in [9.17, 15) is 0 Å². The molecule has 3 rings (SSSR count). The third kappa shape index (κ3) is 1.49. The van der Waals surface area contributed by atoms with Gasteiger partial charge in [-0.15, -0.1) is 0 Å². The molecule has 3 aliphatic rings. The van der Waals surface area contributed by atoms with Gasteiger partial charge in [0, 0.05) is 16.6 Å².